The monoisotopic (exact) mass is 172 g/mol. The summed E-state index contributed by atoms with van der Waals surface area (Å²) in [5.41, 5.74) is 1.26. The standard InChI is InChI=1S/C8H9ClO2/c1-3-7(2)11-8(10)5-4-6-9/h3-4,6H,1-2,5H2. The molecule has 0 N–H and O–H groups in total. The van der Waals surface area contributed by atoms with E-state index in [4.69, 9.17) is 11.6 Å². The maximum Gasteiger partial charge on any atom is 0.315 e. The molecule has 0 aromatic carbocycles. The molecular weight excluding hydrogens is 164 g/mol. The fourth-order valence-electron chi connectivity index (χ4n) is 0.370. The summed E-state index contributed by atoms with van der Waals surface area (Å²) in [5, 5.41) is 0. The number of carbonyl (C=O) groups is 1. The zero-order valence-corrected chi connectivity index (χ0v) is 6.80. The number of rotatable bonds is 4. The Kier molecular flexibility index (Phi) is 5.21. The maximum atomic E-state index is 10.7. The molecule has 0 rings (SSSR count). The van der Waals surface area contributed by atoms with Crippen LogP contribution in [-0.4, -0.2) is 5.97 Å². The summed E-state index contributed by atoms with van der Waals surface area (Å²) in [6.45, 7) is 6.78. The predicted molar refractivity (Wildman–Crippen MR) is 45.0 cm³/mol. The molecule has 0 aromatic heterocycles. The first-order valence-corrected chi connectivity index (χ1v) is 3.41. The summed E-state index contributed by atoms with van der Waals surface area (Å²) in [6.07, 6.45) is 3.00. The molecule has 3 heteroatoms. The second-order valence-corrected chi connectivity index (χ2v) is 1.96. The second-order valence-electron chi connectivity index (χ2n) is 1.71. The summed E-state index contributed by atoms with van der Waals surface area (Å²) in [5.74, 6) is -0.148. The minimum atomic E-state index is -0.396. The lowest BCUT2D eigenvalue weighted by Gasteiger charge is -1.98. The van der Waals surface area contributed by atoms with Gasteiger partial charge in [-0.05, 0) is 6.08 Å². The number of hydrogen-bond donors (Lipinski definition) is 0. The van der Waals surface area contributed by atoms with Crippen molar-refractivity contribution in [1.29, 1.82) is 0 Å². The van der Waals surface area contributed by atoms with Gasteiger partial charge in [0.2, 0.25) is 0 Å². The number of carbonyl (C=O) groups excluding carboxylic acids is 1. The zero-order chi connectivity index (χ0) is 8.69. The van der Waals surface area contributed by atoms with Crippen LogP contribution in [0.25, 0.3) is 0 Å². The van der Waals surface area contributed by atoms with Crippen molar-refractivity contribution in [3.05, 3.63) is 36.6 Å². The highest BCUT2D eigenvalue weighted by molar-refractivity contribution is 6.25. The van der Waals surface area contributed by atoms with E-state index in [1.807, 2.05) is 0 Å². The van der Waals surface area contributed by atoms with Crippen molar-refractivity contribution >= 4 is 17.6 Å². The number of halogens is 1. The van der Waals surface area contributed by atoms with E-state index in [2.05, 4.69) is 17.9 Å². The van der Waals surface area contributed by atoms with Gasteiger partial charge in [-0.15, -0.1) is 0 Å². The third kappa shape index (κ3) is 5.43. The first-order chi connectivity index (χ1) is 5.20. The zero-order valence-electron chi connectivity index (χ0n) is 6.05. The molecule has 0 unspecified atom stereocenters. The molecule has 2 nitrogen and oxygen atoms in total. The van der Waals surface area contributed by atoms with E-state index in [1.165, 1.54) is 17.7 Å². The van der Waals surface area contributed by atoms with Crippen LogP contribution in [0.4, 0.5) is 0 Å². The lowest BCUT2D eigenvalue weighted by atomic mass is 10.4. The van der Waals surface area contributed by atoms with Crippen molar-refractivity contribution < 1.29 is 9.53 Å². The molecule has 0 aliphatic heterocycles. The van der Waals surface area contributed by atoms with Crippen LogP contribution >= 0.6 is 11.6 Å². The van der Waals surface area contributed by atoms with Crippen LogP contribution in [-0.2, 0) is 9.53 Å². The Labute approximate surface area is 70.8 Å². The van der Waals surface area contributed by atoms with E-state index in [1.54, 1.807) is 0 Å². The van der Waals surface area contributed by atoms with Gasteiger partial charge in [-0.25, -0.2) is 0 Å². The van der Waals surface area contributed by atoms with E-state index in [9.17, 15) is 4.79 Å². The minimum Gasteiger partial charge on any atom is -0.427 e. The molecule has 11 heavy (non-hydrogen) atoms. The van der Waals surface area contributed by atoms with Crippen molar-refractivity contribution in [2.75, 3.05) is 0 Å². The van der Waals surface area contributed by atoms with Crippen LogP contribution in [0.3, 0.4) is 0 Å². The average Bonchev–Trinajstić information content (AvgIpc) is 2.00. The van der Waals surface area contributed by atoms with Gasteiger partial charge in [-0.3, -0.25) is 4.79 Å². The minimum absolute atomic E-state index is 0.149. The second kappa shape index (κ2) is 5.74. The molecule has 0 saturated carbocycles. The maximum absolute atomic E-state index is 10.7. The van der Waals surface area contributed by atoms with Gasteiger partial charge >= 0.3 is 5.97 Å². The van der Waals surface area contributed by atoms with Crippen LogP contribution < -0.4 is 0 Å². The van der Waals surface area contributed by atoms with Crippen molar-refractivity contribution in [2.24, 2.45) is 0 Å². The highest BCUT2D eigenvalue weighted by Crippen LogP contribution is 1.98. The summed E-state index contributed by atoms with van der Waals surface area (Å²) in [6, 6.07) is 0. The lowest BCUT2D eigenvalue weighted by molar-refractivity contribution is -0.137. The third-order valence-electron chi connectivity index (χ3n) is 0.846. The van der Waals surface area contributed by atoms with Crippen LogP contribution in [0.1, 0.15) is 6.42 Å². The molecule has 60 valence electrons. The van der Waals surface area contributed by atoms with E-state index < -0.39 is 5.97 Å². The molecule has 0 radical (unpaired) electrons. The van der Waals surface area contributed by atoms with Crippen LogP contribution in [0.15, 0.2) is 36.6 Å². The first kappa shape index (κ1) is 9.98. The Morgan fingerprint density at radius 3 is 2.73 bits per heavy atom. The Morgan fingerprint density at radius 2 is 2.27 bits per heavy atom. The van der Waals surface area contributed by atoms with Crippen molar-refractivity contribution in [2.45, 2.75) is 6.42 Å². The highest BCUT2D eigenvalue weighted by Gasteiger charge is 1.98. The Bertz CT molecular complexity index is 194. The van der Waals surface area contributed by atoms with Crippen LogP contribution in [0.2, 0.25) is 0 Å². The van der Waals surface area contributed by atoms with Gasteiger partial charge in [0.15, 0.2) is 0 Å². The highest BCUT2D eigenvalue weighted by atomic mass is 35.5. The summed E-state index contributed by atoms with van der Waals surface area (Å²) >= 11 is 5.19. The summed E-state index contributed by atoms with van der Waals surface area (Å²) in [7, 11) is 0. The molecule has 0 atom stereocenters. The molecule has 0 aliphatic carbocycles. The van der Waals surface area contributed by atoms with Gasteiger partial charge < -0.3 is 4.74 Å². The van der Waals surface area contributed by atoms with Crippen molar-refractivity contribution in [3.63, 3.8) is 0 Å². The predicted octanol–water partition coefficient (Wildman–Crippen LogP) is 2.37. The fraction of sp³-hybridized carbons (Fsp3) is 0.125. The molecule has 0 spiro atoms. The lowest BCUT2D eigenvalue weighted by Crippen LogP contribution is -2.00. The molecule has 0 heterocycles. The Balaban J connectivity index is 3.69. The van der Waals surface area contributed by atoms with E-state index in [-0.39, 0.29) is 12.2 Å². The number of esters is 1. The SMILES string of the molecule is C=CC(=C)OC(=O)CC=CCl. The quantitative estimate of drug-likeness (QED) is 0.370. The van der Waals surface area contributed by atoms with E-state index >= 15 is 0 Å². The molecular formula is C8H9ClO2. The van der Waals surface area contributed by atoms with Crippen molar-refractivity contribution in [3.8, 4) is 0 Å². The topological polar surface area (TPSA) is 26.3 Å². The van der Waals surface area contributed by atoms with Gasteiger partial charge in [0.05, 0.1) is 6.42 Å². The molecule has 0 saturated heterocycles. The van der Waals surface area contributed by atoms with Gasteiger partial charge in [-0.2, -0.15) is 0 Å². The van der Waals surface area contributed by atoms with Crippen LogP contribution in [0, 0.1) is 0 Å². The molecule has 0 amide bonds. The van der Waals surface area contributed by atoms with Gasteiger partial charge in [0, 0.05) is 5.54 Å². The van der Waals surface area contributed by atoms with Crippen molar-refractivity contribution in [1.82, 2.24) is 0 Å². The molecule has 0 bridgehead atoms. The van der Waals surface area contributed by atoms with Gasteiger partial charge in [0.1, 0.15) is 5.76 Å². The molecule has 0 aliphatic rings. The molecule has 0 aromatic rings. The third-order valence-corrected chi connectivity index (χ3v) is 1.02. The summed E-state index contributed by atoms with van der Waals surface area (Å²) < 4.78 is 4.64. The number of hydrogen-bond acceptors (Lipinski definition) is 2. The van der Waals surface area contributed by atoms with Crippen LogP contribution in [0.5, 0.6) is 0 Å². The number of ether oxygens (including phenoxy) is 1. The largest absolute Gasteiger partial charge is 0.427 e. The van der Waals surface area contributed by atoms with E-state index in [0.29, 0.717) is 0 Å². The van der Waals surface area contributed by atoms with E-state index in [0.717, 1.165) is 0 Å². The fourth-order valence-corrected chi connectivity index (χ4v) is 0.459. The van der Waals surface area contributed by atoms with Gasteiger partial charge in [0.25, 0.3) is 0 Å². The van der Waals surface area contributed by atoms with Gasteiger partial charge in [-0.1, -0.05) is 30.8 Å². The first-order valence-electron chi connectivity index (χ1n) is 2.98. The Hall–Kier alpha value is -1.02. The summed E-state index contributed by atoms with van der Waals surface area (Å²) in [4.78, 5) is 10.7. The smallest absolute Gasteiger partial charge is 0.315 e. The average molecular weight is 173 g/mol. The normalized spacial score (nSPS) is 9.55. The molecule has 0 fully saturated rings. The Morgan fingerprint density at radius 1 is 1.64 bits per heavy atom. The number of allylic oxidation sites excluding steroid dienone is 1.